The van der Waals surface area contributed by atoms with Gasteiger partial charge >= 0.3 is 5.97 Å². The number of ketones is 1. The minimum Gasteiger partial charge on any atom is -0.469 e. The number of esters is 1. The molecule has 1 aromatic heterocycles. The van der Waals surface area contributed by atoms with Crippen LogP contribution >= 0.6 is 0 Å². The second-order valence-corrected chi connectivity index (χ2v) is 7.95. The van der Waals surface area contributed by atoms with E-state index in [1.807, 2.05) is 19.1 Å². The Morgan fingerprint density at radius 3 is 2.65 bits per heavy atom. The summed E-state index contributed by atoms with van der Waals surface area (Å²) in [6, 6.07) is 7.09. The Morgan fingerprint density at radius 2 is 1.96 bits per heavy atom. The lowest BCUT2D eigenvalue weighted by Gasteiger charge is -2.09. The highest BCUT2D eigenvalue weighted by Crippen LogP contribution is 2.22. The zero-order valence-corrected chi connectivity index (χ0v) is 15.8. The molecule has 0 aliphatic carbocycles. The number of aromatic nitrogens is 1. The topological polar surface area (TPSA) is 94.5 Å². The maximum atomic E-state index is 12.1. The van der Waals surface area contributed by atoms with Crippen LogP contribution in [0.4, 0.5) is 5.69 Å². The third-order valence-corrected chi connectivity index (χ3v) is 5.37. The first kappa shape index (κ1) is 20.0. The van der Waals surface area contributed by atoms with Crippen LogP contribution in [0, 0.1) is 0 Å². The van der Waals surface area contributed by atoms with Gasteiger partial charge in [0.25, 0.3) is 0 Å². The van der Waals surface area contributed by atoms with E-state index in [-0.39, 0.29) is 30.9 Å². The monoisotopic (exact) mass is 380 g/mol. The van der Waals surface area contributed by atoms with Crippen molar-refractivity contribution in [3.63, 3.8) is 0 Å². The number of nitrogens with one attached hydrogen (secondary N) is 1. The number of hydrogen-bond donors (Lipinski definition) is 1. The third-order valence-electron chi connectivity index (χ3n) is 4.00. The molecule has 0 fully saturated rings. The van der Waals surface area contributed by atoms with Crippen LogP contribution in [0.2, 0.25) is 0 Å². The minimum atomic E-state index is -3.38. The number of nitrogens with zero attached hydrogens (tertiary/aromatic N) is 1. The highest BCUT2D eigenvalue weighted by atomic mass is 32.2. The summed E-state index contributed by atoms with van der Waals surface area (Å²) in [4.78, 5) is 23.2. The van der Waals surface area contributed by atoms with Crippen molar-refractivity contribution in [2.24, 2.45) is 0 Å². The molecule has 0 unspecified atom stereocenters. The lowest BCUT2D eigenvalue weighted by molar-refractivity contribution is -0.142. The summed E-state index contributed by atoms with van der Waals surface area (Å²) in [5.74, 6) is -0.435. The van der Waals surface area contributed by atoms with E-state index in [0.717, 1.165) is 17.3 Å². The Labute approximate surface area is 153 Å². The summed E-state index contributed by atoms with van der Waals surface area (Å²) in [6.45, 7) is 2.05. The molecule has 0 aliphatic rings. The predicted octanol–water partition coefficient (Wildman–Crippen LogP) is 2.71. The lowest BCUT2D eigenvalue weighted by Crippen LogP contribution is -2.16. The first-order valence-electron chi connectivity index (χ1n) is 8.52. The zero-order valence-electron chi connectivity index (χ0n) is 15.0. The van der Waals surface area contributed by atoms with Crippen molar-refractivity contribution in [1.29, 1.82) is 0 Å². The second-order valence-electron chi connectivity index (χ2n) is 6.11. The number of Topliss-reactive ketones (excluding diaryl/α,β-unsaturated/α-hetero) is 1. The number of benzene rings is 1. The molecule has 142 valence electrons. The van der Waals surface area contributed by atoms with Gasteiger partial charge in [0, 0.05) is 12.6 Å². The van der Waals surface area contributed by atoms with Crippen LogP contribution in [0.25, 0.3) is 10.9 Å². The summed E-state index contributed by atoms with van der Waals surface area (Å²) < 4.78 is 33.0. The molecule has 0 radical (unpaired) electrons. The Balaban J connectivity index is 2.12. The molecule has 1 aromatic carbocycles. The normalized spacial score (nSPS) is 11.5. The Kier molecular flexibility index (Phi) is 6.79. The van der Waals surface area contributed by atoms with E-state index in [1.165, 1.54) is 7.11 Å². The van der Waals surface area contributed by atoms with Crippen molar-refractivity contribution in [3.8, 4) is 0 Å². The Hall–Kier alpha value is -2.35. The second kappa shape index (κ2) is 8.84. The van der Waals surface area contributed by atoms with Crippen LogP contribution in [0.15, 0.2) is 30.5 Å². The van der Waals surface area contributed by atoms with Gasteiger partial charge in [-0.3, -0.25) is 14.3 Å². The number of fused-ring (bicyclic) bond motifs is 1. The van der Waals surface area contributed by atoms with Gasteiger partial charge in [-0.15, -0.1) is 0 Å². The van der Waals surface area contributed by atoms with Crippen LogP contribution in [-0.4, -0.2) is 37.6 Å². The van der Waals surface area contributed by atoms with Crippen LogP contribution < -0.4 is 4.72 Å². The van der Waals surface area contributed by atoms with Gasteiger partial charge in [-0.1, -0.05) is 19.4 Å². The van der Waals surface area contributed by atoms with E-state index in [9.17, 15) is 18.0 Å². The molecule has 26 heavy (non-hydrogen) atoms. The summed E-state index contributed by atoms with van der Waals surface area (Å²) >= 11 is 0. The molecule has 2 rings (SSSR count). The fraction of sp³-hybridized carbons (Fsp3) is 0.444. The summed E-state index contributed by atoms with van der Waals surface area (Å²) in [6.07, 6.45) is 3.34. The summed E-state index contributed by atoms with van der Waals surface area (Å²) in [5.41, 5.74) is 1.22. The highest BCUT2D eigenvalue weighted by Gasteiger charge is 2.12. The van der Waals surface area contributed by atoms with Crippen LogP contribution in [0.5, 0.6) is 0 Å². The molecule has 0 saturated heterocycles. The minimum absolute atomic E-state index is 0.0526. The first-order chi connectivity index (χ1) is 12.3. The molecule has 7 nitrogen and oxygen atoms in total. The molecule has 0 bridgehead atoms. The fourth-order valence-corrected chi connectivity index (χ4v) is 3.82. The van der Waals surface area contributed by atoms with Crippen LogP contribution in [0.3, 0.4) is 0 Å². The highest BCUT2D eigenvalue weighted by molar-refractivity contribution is 7.92. The molecule has 0 saturated carbocycles. The molecule has 0 atom stereocenters. The number of sulfonamides is 1. The van der Waals surface area contributed by atoms with Crippen LogP contribution in [0.1, 0.15) is 32.6 Å². The van der Waals surface area contributed by atoms with Crippen molar-refractivity contribution >= 4 is 38.4 Å². The van der Waals surface area contributed by atoms with E-state index < -0.39 is 16.0 Å². The molecule has 0 aliphatic heterocycles. The van der Waals surface area contributed by atoms with Gasteiger partial charge < -0.3 is 9.30 Å². The van der Waals surface area contributed by atoms with E-state index in [0.29, 0.717) is 12.1 Å². The van der Waals surface area contributed by atoms with Gasteiger partial charge in [0.1, 0.15) is 0 Å². The smallest absolute Gasteiger partial charge is 0.305 e. The van der Waals surface area contributed by atoms with E-state index in [1.54, 1.807) is 22.9 Å². The van der Waals surface area contributed by atoms with Gasteiger partial charge in [0.2, 0.25) is 10.0 Å². The number of rotatable bonds is 10. The fourth-order valence-electron chi connectivity index (χ4n) is 2.56. The van der Waals surface area contributed by atoms with Crippen molar-refractivity contribution in [2.75, 3.05) is 17.6 Å². The molecule has 0 spiro atoms. The quantitative estimate of drug-likeness (QED) is 0.640. The summed E-state index contributed by atoms with van der Waals surface area (Å²) in [5, 5.41) is 0.905. The number of carbonyl (C=O) groups excluding carboxylic acids is 2. The molecular weight excluding hydrogens is 356 g/mol. The molecule has 1 heterocycles. The number of carbonyl (C=O) groups is 2. The van der Waals surface area contributed by atoms with Crippen LogP contribution in [-0.2, 0) is 30.9 Å². The zero-order chi connectivity index (χ0) is 19.2. The number of methoxy groups -OCH3 is 1. The van der Waals surface area contributed by atoms with Crippen molar-refractivity contribution in [2.45, 2.75) is 39.2 Å². The molecular formula is C18H24N2O5S. The average Bonchev–Trinajstić information content (AvgIpc) is 2.99. The van der Waals surface area contributed by atoms with E-state index >= 15 is 0 Å². The van der Waals surface area contributed by atoms with Crippen molar-refractivity contribution in [3.05, 3.63) is 30.5 Å². The standard InChI is InChI=1S/C18H24N2O5S/c1-3-4-11-26(23,24)19-15-6-5-14-9-10-20(17(14)12-15)13-16(21)7-8-18(22)25-2/h5-6,9-10,12,19H,3-4,7-8,11,13H2,1-2H3. The van der Waals surface area contributed by atoms with Gasteiger partial charge in [-0.05, 0) is 30.0 Å². The number of hydrogen-bond acceptors (Lipinski definition) is 5. The van der Waals surface area contributed by atoms with E-state index in [2.05, 4.69) is 9.46 Å². The van der Waals surface area contributed by atoms with Gasteiger partial charge in [0.15, 0.2) is 5.78 Å². The molecule has 8 heteroatoms. The maximum Gasteiger partial charge on any atom is 0.305 e. The molecule has 2 aromatic rings. The predicted molar refractivity (Wildman–Crippen MR) is 101 cm³/mol. The van der Waals surface area contributed by atoms with Gasteiger partial charge in [-0.25, -0.2) is 8.42 Å². The number of anilines is 1. The number of unbranched alkanes of at least 4 members (excludes halogenated alkanes) is 1. The number of ether oxygens (including phenoxy) is 1. The molecule has 1 N–H and O–H groups in total. The largest absolute Gasteiger partial charge is 0.469 e. The average molecular weight is 380 g/mol. The van der Waals surface area contributed by atoms with Gasteiger partial charge in [-0.2, -0.15) is 0 Å². The molecule has 0 amide bonds. The summed E-state index contributed by atoms with van der Waals surface area (Å²) in [7, 11) is -2.10. The Morgan fingerprint density at radius 1 is 1.19 bits per heavy atom. The lowest BCUT2D eigenvalue weighted by atomic mass is 10.2. The van der Waals surface area contributed by atoms with Crippen molar-refractivity contribution in [1.82, 2.24) is 4.57 Å². The Bertz CT molecular complexity index is 886. The van der Waals surface area contributed by atoms with Crippen molar-refractivity contribution < 1.29 is 22.7 Å². The SMILES string of the molecule is CCCCS(=O)(=O)Nc1ccc2ccn(CC(=O)CCC(=O)OC)c2c1. The first-order valence-corrected chi connectivity index (χ1v) is 10.2. The van der Waals surface area contributed by atoms with Gasteiger partial charge in [0.05, 0.1) is 37.0 Å². The van der Waals surface area contributed by atoms with E-state index in [4.69, 9.17) is 0 Å². The maximum absolute atomic E-state index is 12.1. The third kappa shape index (κ3) is 5.59.